The molecule has 0 saturated heterocycles. The first-order valence-corrected chi connectivity index (χ1v) is 9.79. The van der Waals surface area contributed by atoms with Gasteiger partial charge in [-0.15, -0.1) is 0 Å². The monoisotopic (exact) mass is 403 g/mol. The molecule has 0 unspecified atom stereocenters. The molecule has 0 fully saturated rings. The number of Topliss-reactive ketones (excluding diaryl/α,β-unsaturated/α-hetero) is 1. The van der Waals surface area contributed by atoms with Gasteiger partial charge in [0.1, 0.15) is 11.6 Å². The Hall–Kier alpha value is -3.45. The molecular formula is C22H17N3O3S. The lowest BCUT2D eigenvalue weighted by Crippen LogP contribution is -2.38. The quantitative estimate of drug-likeness (QED) is 0.665. The number of fused-ring (bicyclic) bond motifs is 2. The van der Waals surface area contributed by atoms with Crippen LogP contribution in [0.3, 0.4) is 0 Å². The van der Waals surface area contributed by atoms with Crippen LogP contribution in [0.2, 0.25) is 0 Å². The fourth-order valence-corrected chi connectivity index (χ4v) is 4.07. The van der Waals surface area contributed by atoms with Crippen molar-refractivity contribution in [3.63, 3.8) is 0 Å². The van der Waals surface area contributed by atoms with Gasteiger partial charge in [-0.05, 0) is 55.5 Å². The van der Waals surface area contributed by atoms with Gasteiger partial charge in [-0.3, -0.25) is 19.3 Å². The van der Waals surface area contributed by atoms with Crippen LogP contribution in [0.4, 0.5) is 11.4 Å². The second-order valence-electron chi connectivity index (χ2n) is 6.50. The van der Waals surface area contributed by atoms with Crippen molar-refractivity contribution in [1.82, 2.24) is 4.98 Å². The van der Waals surface area contributed by atoms with E-state index in [-0.39, 0.29) is 24.1 Å². The van der Waals surface area contributed by atoms with Crippen molar-refractivity contribution in [2.75, 3.05) is 16.8 Å². The van der Waals surface area contributed by atoms with E-state index in [9.17, 15) is 14.4 Å². The Morgan fingerprint density at radius 3 is 2.55 bits per heavy atom. The van der Waals surface area contributed by atoms with E-state index in [0.29, 0.717) is 27.5 Å². The standard InChI is InChI=1S/C22H17N3O3S/c1-14(26)15-8-10-16(11-9-15)24-20(27)13-25-18-6-2-3-7-19(18)29-21-17(22(25)28)5-4-12-23-21/h2-12H,13H2,1H3,(H,24,27). The van der Waals surface area contributed by atoms with Gasteiger partial charge in [0.25, 0.3) is 5.91 Å². The molecule has 0 radical (unpaired) electrons. The number of nitrogens with zero attached hydrogens (tertiary/aromatic N) is 2. The molecule has 1 aliphatic rings. The number of carbonyl (C=O) groups is 3. The fraction of sp³-hybridized carbons (Fsp3) is 0.0909. The molecule has 2 amide bonds. The maximum atomic E-state index is 13.2. The van der Waals surface area contributed by atoms with Gasteiger partial charge in [0.05, 0.1) is 11.3 Å². The minimum Gasteiger partial charge on any atom is -0.325 e. The Morgan fingerprint density at radius 1 is 1.03 bits per heavy atom. The number of carbonyl (C=O) groups excluding carboxylic acids is 3. The smallest absolute Gasteiger partial charge is 0.261 e. The largest absolute Gasteiger partial charge is 0.325 e. The van der Waals surface area contributed by atoms with E-state index >= 15 is 0 Å². The van der Waals surface area contributed by atoms with Crippen molar-refractivity contribution in [2.45, 2.75) is 16.8 Å². The van der Waals surface area contributed by atoms with Crippen LogP contribution >= 0.6 is 11.8 Å². The topological polar surface area (TPSA) is 79.4 Å². The average molecular weight is 403 g/mol. The van der Waals surface area contributed by atoms with Gasteiger partial charge >= 0.3 is 0 Å². The number of nitrogens with one attached hydrogen (secondary N) is 1. The van der Waals surface area contributed by atoms with Gasteiger partial charge in [0, 0.05) is 22.3 Å². The highest BCUT2D eigenvalue weighted by Crippen LogP contribution is 2.39. The summed E-state index contributed by atoms with van der Waals surface area (Å²) in [6.07, 6.45) is 1.65. The van der Waals surface area contributed by atoms with Gasteiger partial charge in [-0.1, -0.05) is 23.9 Å². The number of hydrogen-bond donors (Lipinski definition) is 1. The van der Waals surface area contributed by atoms with Gasteiger partial charge in [0.2, 0.25) is 5.91 Å². The molecule has 0 spiro atoms. The molecule has 2 aromatic carbocycles. The molecule has 0 bridgehead atoms. The van der Waals surface area contributed by atoms with Crippen LogP contribution in [0, 0.1) is 0 Å². The highest BCUT2D eigenvalue weighted by atomic mass is 32.2. The van der Waals surface area contributed by atoms with Crippen molar-refractivity contribution in [1.29, 1.82) is 0 Å². The maximum absolute atomic E-state index is 13.2. The van der Waals surface area contributed by atoms with Gasteiger partial charge in [-0.25, -0.2) is 4.98 Å². The van der Waals surface area contributed by atoms with E-state index in [2.05, 4.69) is 10.3 Å². The molecule has 29 heavy (non-hydrogen) atoms. The second-order valence-corrected chi connectivity index (χ2v) is 7.53. The highest BCUT2D eigenvalue weighted by molar-refractivity contribution is 7.99. The summed E-state index contributed by atoms with van der Waals surface area (Å²) in [6.45, 7) is 1.35. The number of rotatable bonds is 4. The summed E-state index contributed by atoms with van der Waals surface area (Å²) >= 11 is 1.41. The number of ketones is 1. The molecule has 3 aromatic rings. The minimum absolute atomic E-state index is 0.0422. The van der Waals surface area contributed by atoms with Gasteiger partial charge in [0.15, 0.2) is 5.78 Å². The first-order valence-electron chi connectivity index (χ1n) is 8.97. The Labute approximate surface area is 172 Å². The van der Waals surface area contributed by atoms with E-state index < -0.39 is 0 Å². The molecule has 0 atom stereocenters. The summed E-state index contributed by atoms with van der Waals surface area (Å²) in [5.74, 6) is -0.645. The van der Waals surface area contributed by atoms with Crippen LogP contribution in [0.1, 0.15) is 27.6 Å². The molecule has 4 rings (SSSR count). The molecule has 1 N–H and O–H groups in total. The second kappa shape index (κ2) is 7.89. The van der Waals surface area contributed by atoms with Crippen molar-refractivity contribution in [2.24, 2.45) is 0 Å². The Morgan fingerprint density at radius 2 is 1.79 bits per heavy atom. The molecule has 6 nitrogen and oxygen atoms in total. The normalized spacial score (nSPS) is 12.6. The summed E-state index contributed by atoms with van der Waals surface area (Å²) in [4.78, 5) is 43.9. The molecule has 7 heteroatoms. The number of hydrogen-bond acceptors (Lipinski definition) is 5. The van der Waals surface area contributed by atoms with Crippen molar-refractivity contribution in [3.05, 3.63) is 78.0 Å². The highest BCUT2D eigenvalue weighted by Gasteiger charge is 2.29. The number of amides is 2. The Bertz CT molecular complexity index is 1110. The van der Waals surface area contributed by atoms with Crippen LogP contribution in [-0.2, 0) is 4.79 Å². The zero-order chi connectivity index (χ0) is 20.4. The Kier molecular flexibility index (Phi) is 5.14. The summed E-state index contributed by atoms with van der Waals surface area (Å²) in [7, 11) is 0. The molecular weight excluding hydrogens is 386 g/mol. The van der Waals surface area contributed by atoms with Crippen LogP contribution < -0.4 is 10.2 Å². The van der Waals surface area contributed by atoms with Gasteiger partial charge < -0.3 is 5.32 Å². The molecule has 144 valence electrons. The van der Waals surface area contributed by atoms with E-state index in [4.69, 9.17) is 0 Å². The lowest BCUT2D eigenvalue weighted by atomic mass is 10.1. The summed E-state index contributed by atoms with van der Waals surface area (Å²) in [6, 6.07) is 17.5. The third-order valence-corrected chi connectivity index (χ3v) is 5.57. The van der Waals surface area contributed by atoms with E-state index in [1.54, 1.807) is 42.6 Å². The predicted octanol–water partition coefficient (Wildman–Crippen LogP) is 4.03. The van der Waals surface area contributed by atoms with Crippen molar-refractivity contribution in [3.8, 4) is 0 Å². The lowest BCUT2D eigenvalue weighted by molar-refractivity contribution is -0.114. The predicted molar refractivity (Wildman–Crippen MR) is 112 cm³/mol. The average Bonchev–Trinajstić information content (AvgIpc) is 2.83. The van der Waals surface area contributed by atoms with E-state index in [0.717, 1.165) is 4.90 Å². The first kappa shape index (κ1) is 18.9. The SMILES string of the molecule is CC(=O)c1ccc(NC(=O)CN2C(=O)c3cccnc3Sc3ccccc32)cc1. The van der Waals surface area contributed by atoms with E-state index in [1.807, 2.05) is 24.3 Å². The molecule has 1 aromatic heterocycles. The number of pyridine rings is 1. The fourth-order valence-electron chi connectivity index (χ4n) is 3.05. The summed E-state index contributed by atoms with van der Waals surface area (Å²) in [5.41, 5.74) is 2.27. The maximum Gasteiger partial charge on any atom is 0.261 e. The first-order chi connectivity index (χ1) is 14.0. The molecule has 0 saturated carbocycles. The molecule has 2 heterocycles. The number of aromatic nitrogens is 1. The molecule has 1 aliphatic heterocycles. The zero-order valence-corrected chi connectivity index (χ0v) is 16.4. The van der Waals surface area contributed by atoms with Crippen LogP contribution in [0.25, 0.3) is 0 Å². The van der Waals surface area contributed by atoms with Crippen LogP contribution in [0.5, 0.6) is 0 Å². The van der Waals surface area contributed by atoms with Crippen LogP contribution in [0.15, 0.2) is 76.8 Å². The molecule has 0 aliphatic carbocycles. The van der Waals surface area contributed by atoms with Crippen LogP contribution in [-0.4, -0.2) is 29.1 Å². The Balaban J connectivity index is 1.60. The third kappa shape index (κ3) is 3.90. The zero-order valence-electron chi connectivity index (χ0n) is 15.6. The lowest BCUT2D eigenvalue weighted by Gasteiger charge is -2.22. The number of benzene rings is 2. The van der Waals surface area contributed by atoms with E-state index in [1.165, 1.54) is 23.6 Å². The summed E-state index contributed by atoms with van der Waals surface area (Å²) < 4.78 is 0. The number of anilines is 2. The van der Waals surface area contributed by atoms with Gasteiger partial charge in [-0.2, -0.15) is 0 Å². The number of para-hydroxylation sites is 1. The van der Waals surface area contributed by atoms with Crippen molar-refractivity contribution >= 4 is 40.7 Å². The minimum atomic E-state index is -0.332. The third-order valence-electron chi connectivity index (χ3n) is 4.49. The van der Waals surface area contributed by atoms with Crippen molar-refractivity contribution < 1.29 is 14.4 Å². The summed E-state index contributed by atoms with van der Waals surface area (Å²) in [5, 5.41) is 3.40.